The van der Waals surface area contributed by atoms with Crippen LogP contribution in [0.15, 0.2) is 36.4 Å². The lowest BCUT2D eigenvalue weighted by Gasteiger charge is -2.04. The van der Waals surface area contributed by atoms with Gasteiger partial charge in [0.15, 0.2) is 0 Å². The van der Waals surface area contributed by atoms with Crippen molar-refractivity contribution in [1.82, 2.24) is 5.43 Å². The molecule has 0 atom stereocenters. The average molecular weight is 276 g/mol. The summed E-state index contributed by atoms with van der Waals surface area (Å²) in [4.78, 5) is 12.4. The maximum Gasteiger partial charge on any atom is 0.275 e. The van der Waals surface area contributed by atoms with Gasteiger partial charge in [0, 0.05) is 10.3 Å². The van der Waals surface area contributed by atoms with Gasteiger partial charge in [-0.3, -0.25) is 10.2 Å². The van der Waals surface area contributed by atoms with Crippen molar-refractivity contribution < 1.29 is 9.53 Å². The van der Waals surface area contributed by atoms with Crippen LogP contribution in [0.5, 0.6) is 0 Å². The van der Waals surface area contributed by atoms with Crippen LogP contribution in [0.1, 0.15) is 22.2 Å². The Morgan fingerprint density at radius 1 is 1.47 bits per heavy atom. The molecule has 0 aliphatic carbocycles. The number of nitrogens with two attached hydrogens (primary N) is 1. The van der Waals surface area contributed by atoms with Gasteiger partial charge in [-0.25, -0.2) is 5.84 Å². The molecule has 4 nitrogen and oxygen atoms in total. The fourth-order valence-corrected chi connectivity index (χ4v) is 2.93. The van der Waals surface area contributed by atoms with Crippen molar-refractivity contribution in [1.29, 1.82) is 0 Å². The second kappa shape index (κ2) is 6.47. The monoisotopic (exact) mass is 276 g/mol. The lowest BCUT2D eigenvalue weighted by molar-refractivity contribution is 0.0951. The number of hydrogen-bond acceptors (Lipinski definition) is 4. The molecule has 100 valence electrons. The highest BCUT2D eigenvalue weighted by Gasteiger charge is 2.17. The number of carbonyl (C=O) groups is 1. The number of carbonyl (C=O) groups excluding carboxylic acids is 1. The lowest BCUT2D eigenvalue weighted by atomic mass is 10.1. The maximum absolute atomic E-state index is 11.8. The van der Waals surface area contributed by atoms with Crippen molar-refractivity contribution in [2.24, 2.45) is 5.84 Å². The van der Waals surface area contributed by atoms with Crippen LogP contribution >= 0.6 is 11.3 Å². The van der Waals surface area contributed by atoms with Gasteiger partial charge in [0.05, 0.1) is 18.1 Å². The molecular formula is C14H16N2O2S. The summed E-state index contributed by atoms with van der Waals surface area (Å²) < 4.78 is 6.62. The van der Waals surface area contributed by atoms with Crippen molar-refractivity contribution in [3.05, 3.63) is 46.9 Å². The Balaban J connectivity index is 2.34. The van der Waals surface area contributed by atoms with Gasteiger partial charge < -0.3 is 4.74 Å². The third-order valence-electron chi connectivity index (χ3n) is 2.73. The number of allylic oxidation sites excluding steroid dienone is 1. The van der Waals surface area contributed by atoms with Crippen LogP contribution < -0.4 is 11.3 Å². The molecule has 1 aromatic carbocycles. The van der Waals surface area contributed by atoms with Gasteiger partial charge in [-0.2, -0.15) is 0 Å². The minimum atomic E-state index is -0.272. The number of hydrazine groups is 1. The van der Waals surface area contributed by atoms with E-state index < -0.39 is 0 Å². The third kappa shape index (κ3) is 3.01. The van der Waals surface area contributed by atoms with E-state index in [1.165, 1.54) is 11.3 Å². The van der Waals surface area contributed by atoms with Crippen molar-refractivity contribution in [3.8, 4) is 0 Å². The average Bonchev–Trinajstić information content (AvgIpc) is 2.81. The van der Waals surface area contributed by atoms with Crippen molar-refractivity contribution in [3.63, 3.8) is 0 Å². The molecule has 3 N–H and O–H groups in total. The predicted molar refractivity (Wildman–Crippen MR) is 77.9 cm³/mol. The summed E-state index contributed by atoms with van der Waals surface area (Å²) >= 11 is 1.43. The second-order valence-corrected chi connectivity index (χ2v) is 5.02. The van der Waals surface area contributed by atoms with Crippen LogP contribution in [0.3, 0.4) is 0 Å². The molecule has 0 radical (unpaired) electrons. The molecule has 0 unspecified atom stereocenters. The minimum Gasteiger partial charge on any atom is -0.373 e. The SMILES string of the molecule is CC=CCOCc1c(C(=O)NN)sc2ccccc12. The number of amides is 1. The van der Waals surface area contributed by atoms with E-state index in [2.05, 4.69) is 5.43 Å². The highest BCUT2D eigenvalue weighted by Crippen LogP contribution is 2.31. The zero-order chi connectivity index (χ0) is 13.7. The molecule has 2 aromatic rings. The molecular weight excluding hydrogens is 260 g/mol. The Labute approximate surface area is 115 Å². The highest BCUT2D eigenvalue weighted by molar-refractivity contribution is 7.21. The van der Waals surface area contributed by atoms with Gasteiger partial charge in [-0.05, 0) is 18.4 Å². The fraction of sp³-hybridized carbons (Fsp3) is 0.214. The molecule has 0 spiro atoms. The molecule has 2 rings (SSSR count). The number of thiophene rings is 1. The summed E-state index contributed by atoms with van der Waals surface area (Å²) in [5, 5.41) is 1.05. The molecule has 1 aromatic heterocycles. The molecule has 0 bridgehead atoms. The number of nitrogens with one attached hydrogen (secondary N) is 1. The van der Waals surface area contributed by atoms with E-state index >= 15 is 0 Å². The molecule has 0 fully saturated rings. The normalized spacial score (nSPS) is 11.3. The summed E-state index contributed by atoms with van der Waals surface area (Å²) in [6.45, 7) is 2.87. The summed E-state index contributed by atoms with van der Waals surface area (Å²) in [5.74, 6) is 4.95. The number of rotatable bonds is 5. The number of hydrogen-bond donors (Lipinski definition) is 2. The first-order chi connectivity index (χ1) is 9.27. The summed E-state index contributed by atoms with van der Waals surface area (Å²) in [6, 6.07) is 7.89. The second-order valence-electron chi connectivity index (χ2n) is 3.96. The first-order valence-electron chi connectivity index (χ1n) is 5.98. The Hall–Kier alpha value is -1.69. The molecule has 1 amide bonds. The third-order valence-corrected chi connectivity index (χ3v) is 3.94. The quantitative estimate of drug-likeness (QED) is 0.290. The Morgan fingerprint density at radius 2 is 2.26 bits per heavy atom. The summed E-state index contributed by atoms with van der Waals surface area (Å²) in [5.41, 5.74) is 3.08. The van der Waals surface area contributed by atoms with Gasteiger partial charge >= 0.3 is 0 Å². The Kier molecular flexibility index (Phi) is 4.68. The Morgan fingerprint density at radius 3 is 3.00 bits per heavy atom. The summed E-state index contributed by atoms with van der Waals surface area (Å²) in [7, 11) is 0. The van der Waals surface area contributed by atoms with E-state index in [0.717, 1.165) is 15.6 Å². The van der Waals surface area contributed by atoms with E-state index in [1.807, 2.05) is 43.3 Å². The molecule has 0 aliphatic rings. The van der Waals surface area contributed by atoms with Crippen molar-refractivity contribution in [2.75, 3.05) is 6.61 Å². The summed E-state index contributed by atoms with van der Waals surface area (Å²) in [6.07, 6.45) is 3.86. The van der Waals surface area contributed by atoms with Gasteiger partial charge in [-0.1, -0.05) is 30.4 Å². The number of nitrogen functional groups attached to an aromatic ring is 1. The standard InChI is InChI=1S/C14H16N2O2S/c1-2-3-8-18-9-11-10-6-4-5-7-12(10)19-13(11)14(17)16-15/h2-7H,8-9,15H2,1H3,(H,16,17). The van der Waals surface area contributed by atoms with Crippen LogP contribution in [-0.4, -0.2) is 12.5 Å². The predicted octanol–water partition coefficient (Wildman–Crippen LogP) is 2.60. The van der Waals surface area contributed by atoms with Crippen LogP contribution in [0.25, 0.3) is 10.1 Å². The molecule has 19 heavy (non-hydrogen) atoms. The first kappa shape index (κ1) is 13.7. The largest absolute Gasteiger partial charge is 0.373 e. The molecule has 0 aliphatic heterocycles. The topological polar surface area (TPSA) is 64.3 Å². The lowest BCUT2D eigenvalue weighted by Crippen LogP contribution is -2.30. The van der Waals surface area contributed by atoms with E-state index in [0.29, 0.717) is 18.1 Å². The van der Waals surface area contributed by atoms with E-state index in [-0.39, 0.29) is 5.91 Å². The van der Waals surface area contributed by atoms with Crippen LogP contribution in [0, 0.1) is 0 Å². The zero-order valence-electron chi connectivity index (χ0n) is 10.7. The van der Waals surface area contributed by atoms with Gasteiger partial charge in [0.2, 0.25) is 0 Å². The minimum absolute atomic E-state index is 0.272. The number of fused-ring (bicyclic) bond motifs is 1. The van der Waals surface area contributed by atoms with Crippen LogP contribution in [-0.2, 0) is 11.3 Å². The highest BCUT2D eigenvalue weighted by atomic mass is 32.1. The van der Waals surface area contributed by atoms with E-state index in [9.17, 15) is 4.79 Å². The molecule has 1 heterocycles. The smallest absolute Gasteiger partial charge is 0.275 e. The van der Waals surface area contributed by atoms with Crippen LogP contribution in [0.2, 0.25) is 0 Å². The van der Waals surface area contributed by atoms with Gasteiger partial charge in [-0.15, -0.1) is 11.3 Å². The van der Waals surface area contributed by atoms with E-state index in [4.69, 9.17) is 10.6 Å². The molecule has 0 saturated heterocycles. The van der Waals surface area contributed by atoms with Gasteiger partial charge in [0.25, 0.3) is 5.91 Å². The maximum atomic E-state index is 11.8. The number of benzene rings is 1. The van der Waals surface area contributed by atoms with Crippen LogP contribution in [0.4, 0.5) is 0 Å². The Bertz CT molecular complexity index is 605. The van der Waals surface area contributed by atoms with Gasteiger partial charge in [0.1, 0.15) is 0 Å². The first-order valence-corrected chi connectivity index (χ1v) is 6.79. The fourth-order valence-electron chi connectivity index (χ4n) is 1.82. The number of ether oxygens (including phenoxy) is 1. The zero-order valence-corrected chi connectivity index (χ0v) is 11.5. The van der Waals surface area contributed by atoms with E-state index in [1.54, 1.807) is 0 Å². The molecule has 5 heteroatoms. The molecule has 0 saturated carbocycles. The van der Waals surface area contributed by atoms with Crippen molar-refractivity contribution in [2.45, 2.75) is 13.5 Å². The van der Waals surface area contributed by atoms with Crippen molar-refractivity contribution >= 4 is 27.3 Å².